The average molecular weight is 427 g/mol. The third kappa shape index (κ3) is 4.85. The van der Waals surface area contributed by atoms with Gasteiger partial charge in [0.2, 0.25) is 0 Å². The number of anilines is 1. The van der Waals surface area contributed by atoms with Crippen molar-refractivity contribution in [3.05, 3.63) is 54.1 Å². The van der Waals surface area contributed by atoms with Gasteiger partial charge in [0.05, 0.1) is 10.2 Å². The predicted octanol–water partition coefficient (Wildman–Crippen LogP) is 4.48. The lowest BCUT2D eigenvalue weighted by Crippen LogP contribution is -2.52. The van der Waals surface area contributed by atoms with Gasteiger partial charge in [-0.2, -0.15) is 0 Å². The van der Waals surface area contributed by atoms with Crippen LogP contribution >= 0.6 is 23.1 Å². The molecule has 1 saturated heterocycles. The minimum absolute atomic E-state index is 0.0479. The van der Waals surface area contributed by atoms with E-state index >= 15 is 0 Å². The Morgan fingerprint density at radius 1 is 1.10 bits per heavy atom. The number of piperazine rings is 1. The molecule has 29 heavy (non-hydrogen) atoms. The largest absolute Gasteiger partial charge is 0.345 e. The highest BCUT2D eigenvalue weighted by atomic mass is 32.2. The molecule has 5 nitrogen and oxygen atoms in total. The van der Waals surface area contributed by atoms with Crippen LogP contribution in [0.3, 0.4) is 0 Å². The molecule has 0 spiro atoms. The Bertz CT molecular complexity index is 952. The van der Waals surface area contributed by atoms with Gasteiger partial charge in [0.25, 0.3) is 0 Å². The number of aromatic nitrogens is 1. The third-order valence-corrected chi connectivity index (χ3v) is 7.04. The Morgan fingerprint density at radius 3 is 2.66 bits per heavy atom. The molecule has 1 aromatic heterocycles. The lowest BCUT2D eigenvalue weighted by Gasteiger charge is -2.34. The van der Waals surface area contributed by atoms with E-state index < -0.39 is 0 Å². The van der Waals surface area contributed by atoms with E-state index in [2.05, 4.69) is 58.9 Å². The molecule has 1 aliphatic rings. The Kier molecular flexibility index (Phi) is 6.56. The van der Waals surface area contributed by atoms with E-state index in [0.29, 0.717) is 6.54 Å². The minimum Gasteiger partial charge on any atom is -0.345 e. The summed E-state index contributed by atoms with van der Waals surface area (Å²) >= 11 is 3.48. The molecule has 1 N–H and O–H groups in total. The fourth-order valence-corrected chi connectivity index (χ4v) is 5.23. The zero-order chi connectivity index (χ0) is 20.1. The summed E-state index contributed by atoms with van der Waals surface area (Å²) in [4.78, 5) is 22.8. The van der Waals surface area contributed by atoms with Gasteiger partial charge in [-0.05, 0) is 36.8 Å². The number of thioether (sulfide) groups is 1. The molecule has 2 heterocycles. The summed E-state index contributed by atoms with van der Waals surface area (Å²) in [5.74, 6) is 0. The summed E-state index contributed by atoms with van der Waals surface area (Å²) in [5, 5.41) is 4.13. The first kappa shape index (κ1) is 20.0. The highest BCUT2D eigenvalue weighted by Gasteiger charge is 2.23. The van der Waals surface area contributed by atoms with E-state index in [1.807, 2.05) is 11.0 Å². The number of fused-ring (bicyclic) bond motifs is 1. The predicted molar refractivity (Wildman–Crippen MR) is 123 cm³/mol. The van der Waals surface area contributed by atoms with Crippen LogP contribution in [-0.2, 0) is 6.42 Å². The van der Waals surface area contributed by atoms with Gasteiger partial charge in [-0.3, -0.25) is 0 Å². The first-order chi connectivity index (χ1) is 14.2. The molecule has 0 aliphatic carbocycles. The molecule has 152 valence electrons. The average Bonchev–Trinajstić information content (AvgIpc) is 3.22. The van der Waals surface area contributed by atoms with Gasteiger partial charge in [-0.1, -0.05) is 47.7 Å². The number of nitrogens with one attached hydrogen (secondary N) is 1. The lowest BCUT2D eigenvalue weighted by atomic mass is 10.1. The second kappa shape index (κ2) is 9.50. The first-order valence-electron chi connectivity index (χ1n) is 10.00. The van der Waals surface area contributed by atoms with Crippen LogP contribution in [0, 0.1) is 0 Å². The van der Waals surface area contributed by atoms with Crippen molar-refractivity contribution >= 4 is 44.5 Å². The Morgan fingerprint density at radius 2 is 1.90 bits per heavy atom. The molecule has 2 aromatic carbocycles. The van der Waals surface area contributed by atoms with Crippen LogP contribution in [0.15, 0.2) is 53.4 Å². The first-order valence-corrected chi connectivity index (χ1v) is 12.0. The van der Waals surface area contributed by atoms with Gasteiger partial charge >= 0.3 is 6.03 Å². The number of nitrogens with zero attached hydrogens (tertiary/aromatic N) is 3. The van der Waals surface area contributed by atoms with Crippen molar-refractivity contribution in [2.24, 2.45) is 0 Å². The zero-order valence-corrected chi connectivity index (χ0v) is 18.3. The maximum absolute atomic E-state index is 12.5. The number of para-hydroxylation sites is 1. The van der Waals surface area contributed by atoms with Crippen LogP contribution in [0.25, 0.3) is 10.2 Å². The molecule has 1 fully saturated rings. The fourth-order valence-electron chi connectivity index (χ4n) is 3.56. The topological polar surface area (TPSA) is 48.5 Å². The number of amides is 2. The van der Waals surface area contributed by atoms with E-state index in [0.717, 1.165) is 49.7 Å². The summed E-state index contributed by atoms with van der Waals surface area (Å²) in [5.41, 5.74) is 2.41. The Labute approximate surface area is 180 Å². The second-order valence-electron chi connectivity index (χ2n) is 7.10. The minimum atomic E-state index is 0.0479. The van der Waals surface area contributed by atoms with Crippen molar-refractivity contribution in [1.82, 2.24) is 15.2 Å². The van der Waals surface area contributed by atoms with E-state index in [1.54, 1.807) is 23.1 Å². The van der Waals surface area contributed by atoms with Crippen molar-refractivity contribution in [2.75, 3.05) is 43.9 Å². The Hall–Kier alpha value is -2.25. The van der Waals surface area contributed by atoms with Gasteiger partial charge in [-0.15, -0.1) is 11.8 Å². The molecule has 2 amide bonds. The monoisotopic (exact) mass is 426 g/mol. The van der Waals surface area contributed by atoms with Crippen molar-refractivity contribution < 1.29 is 4.79 Å². The maximum Gasteiger partial charge on any atom is 0.317 e. The third-order valence-electron chi connectivity index (χ3n) is 5.19. The number of hydrogen-bond acceptors (Lipinski definition) is 5. The van der Waals surface area contributed by atoms with Crippen LogP contribution < -0.4 is 10.2 Å². The van der Waals surface area contributed by atoms with Crippen LogP contribution in [-0.4, -0.2) is 54.9 Å². The molecule has 1 aliphatic heterocycles. The number of carbonyl (C=O) groups is 1. The molecule has 0 radical (unpaired) electrons. The summed E-state index contributed by atoms with van der Waals surface area (Å²) in [6.07, 6.45) is 4.04. The summed E-state index contributed by atoms with van der Waals surface area (Å²) in [6.45, 7) is 3.83. The summed E-state index contributed by atoms with van der Waals surface area (Å²) in [7, 11) is 0. The van der Waals surface area contributed by atoms with Crippen LogP contribution in [0.5, 0.6) is 0 Å². The number of urea groups is 1. The van der Waals surface area contributed by atoms with Gasteiger partial charge < -0.3 is 15.1 Å². The number of hydrogen-bond donors (Lipinski definition) is 1. The molecule has 0 unspecified atom stereocenters. The molecule has 0 bridgehead atoms. The standard InChI is InChI=1S/C22H26N4OS2/c1-28-18-10-5-11-19-20(18)24-22(29-19)26-15-13-25(14-16-26)21(27)23-12-6-9-17-7-3-2-4-8-17/h2-5,7-8,10-11H,6,9,12-16H2,1H3,(H,23,27). The van der Waals surface area contributed by atoms with E-state index in [4.69, 9.17) is 4.98 Å². The van der Waals surface area contributed by atoms with Gasteiger partial charge in [0.1, 0.15) is 0 Å². The molecule has 0 saturated carbocycles. The van der Waals surface area contributed by atoms with Crippen LogP contribution in [0.4, 0.5) is 9.93 Å². The van der Waals surface area contributed by atoms with Gasteiger partial charge in [0, 0.05) is 37.6 Å². The number of thiazole rings is 1. The van der Waals surface area contributed by atoms with Crippen molar-refractivity contribution in [1.29, 1.82) is 0 Å². The van der Waals surface area contributed by atoms with Gasteiger partial charge in [0.15, 0.2) is 5.13 Å². The van der Waals surface area contributed by atoms with E-state index in [9.17, 15) is 4.79 Å². The highest BCUT2D eigenvalue weighted by molar-refractivity contribution is 7.98. The number of aryl methyl sites for hydroxylation is 1. The van der Waals surface area contributed by atoms with Crippen molar-refractivity contribution in [2.45, 2.75) is 17.7 Å². The highest BCUT2D eigenvalue weighted by Crippen LogP contribution is 2.34. The summed E-state index contributed by atoms with van der Waals surface area (Å²) < 4.78 is 1.23. The zero-order valence-electron chi connectivity index (χ0n) is 16.6. The SMILES string of the molecule is CSc1cccc2sc(N3CCN(C(=O)NCCCc4ccccc4)CC3)nc12. The number of carbonyl (C=O) groups excluding carboxylic acids is 1. The summed E-state index contributed by atoms with van der Waals surface area (Å²) in [6, 6.07) is 16.8. The van der Waals surface area contributed by atoms with Crippen molar-refractivity contribution in [3.63, 3.8) is 0 Å². The normalized spacial score (nSPS) is 14.4. The van der Waals surface area contributed by atoms with Crippen molar-refractivity contribution in [3.8, 4) is 0 Å². The second-order valence-corrected chi connectivity index (χ2v) is 8.96. The fraction of sp³-hybridized carbons (Fsp3) is 0.364. The molecular weight excluding hydrogens is 400 g/mol. The molecule has 7 heteroatoms. The molecule has 0 atom stereocenters. The van der Waals surface area contributed by atoms with E-state index in [1.165, 1.54) is 15.2 Å². The molecular formula is C22H26N4OS2. The van der Waals surface area contributed by atoms with Crippen LogP contribution in [0.1, 0.15) is 12.0 Å². The molecule has 3 aromatic rings. The van der Waals surface area contributed by atoms with E-state index in [-0.39, 0.29) is 6.03 Å². The van der Waals surface area contributed by atoms with Gasteiger partial charge in [-0.25, -0.2) is 9.78 Å². The Balaban J connectivity index is 1.25. The number of rotatable bonds is 6. The van der Waals surface area contributed by atoms with Crippen LogP contribution in [0.2, 0.25) is 0 Å². The lowest BCUT2D eigenvalue weighted by molar-refractivity contribution is 0.194. The number of benzene rings is 2. The smallest absolute Gasteiger partial charge is 0.317 e. The molecule has 4 rings (SSSR count). The maximum atomic E-state index is 12.5. The quantitative estimate of drug-likeness (QED) is 0.466.